The minimum atomic E-state index is -4.16. The molecular formula is C23H25ClN5O6P. The summed E-state index contributed by atoms with van der Waals surface area (Å²) in [7, 11) is -4.16. The standard InChI is InChI=1S/C23H25ClN5O6P/c24-23-27-20(25-11-14-7-3-6-13-5-1-2-8-15(13)14)17-21(28-23)29(12-26-17)22-19(31)18(30)16(35-22)9-4-10-36(32,33)34/h1-3,5-8,12,16,18-19,22,30-31H,4,9-11H2,(H,25,27,28)(H2,32,33,34). The molecule has 4 atom stereocenters. The summed E-state index contributed by atoms with van der Waals surface area (Å²) in [5.41, 5.74) is 1.78. The van der Waals surface area contributed by atoms with Gasteiger partial charge in [-0.1, -0.05) is 42.5 Å². The number of hydrogen-bond acceptors (Lipinski definition) is 8. The number of aromatic nitrogens is 4. The zero-order chi connectivity index (χ0) is 25.4. The van der Waals surface area contributed by atoms with Crippen LogP contribution in [-0.2, 0) is 15.8 Å². The SMILES string of the molecule is O=P(O)(O)CCCC1OC(n2cnc3c(NCc4cccc5ccccc45)nc(Cl)nc32)C(O)C1O. The van der Waals surface area contributed by atoms with Crippen molar-refractivity contribution in [3.8, 4) is 0 Å². The molecule has 4 aromatic rings. The Morgan fingerprint density at radius 3 is 2.67 bits per heavy atom. The lowest BCUT2D eigenvalue weighted by Gasteiger charge is -2.17. The van der Waals surface area contributed by atoms with Gasteiger partial charge in [-0.2, -0.15) is 9.97 Å². The number of imidazole rings is 1. The summed E-state index contributed by atoms with van der Waals surface area (Å²) in [5, 5.41) is 26.6. The Morgan fingerprint density at radius 1 is 1.08 bits per heavy atom. The van der Waals surface area contributed by atoms with E-state index in [4.69, 9.17) is 26.1 Å². The van der Waals surface area contributed by atoms with Crippen LogP contribution in [0.2, 0.25) is 5.28 Å². The average molecular weight is 534 g/mol. The first kappa shape index (κ1) is 25.0. The van der Waals surface area contributed by atoms with Crippen molar-refractivity contribution >= 4 is 47.0 Å². The van der Waals surface area contributed by atoms with Crippen LogP contribution >= 0.6 is 19.2 Å². The van der Waals surface area contributed by atoms with E-state index in [1.165, 1.54) is 10.9 Å². The third-order valence-corrected chi connectivity index (χ3v) is 7.34. The Labute approximate surface area is 210 Å². The van der Waals surface area contributed by atoms with E-state index >= 15 is 0 Å². The van der Waals surface area contributed by atoms with E-state index in [1.807, 2.05) is 42.5 Å². The molecule has 1 aliphatic heterocycles. The molecular weight excluding hydrogens is 509 g/mol. The lowest BCUT2D eigenvalue weighted by Crippen LogP contribution is -2.31. The second kappa shape index (κ2) is 10.0. The highest BCUT2D eigenvalue weighted by molar-refractivity contribution is 7.51. The van der Waals surface area contributed by atoms with Gasteiger partial charge < -0.3 is 30.1 Å². The Morgan fingerprint density at radius 2 is 1.86 bits per heavy atom. The number of rotatable bonds is 8. The summed E-state index contributed by atoms with van der Waals surface area (Å²) in [4.78, 5) is 31.1. The van der Waals surface area contributed by atoms with Crippen LogP contribution in [0.4, 0.5) is 5.82 Å². The summed E-state index contributed by atoms with van der Waals surface area (Å²) in [6.45, 7) is 0.458. The number of nitrogens with one attached hydrogen (secondary N) is 1. The molecule has 0 spiro atoms. The number of aliphatic hydroxyl groups is 2. The van der Waals surface area contributed by atoms with Crippen molar-refractivity contribution in [3.63, 3.8) is 0 Å². The van der Waals surface area contributed by atoms with Crippen LogP contribution in [0.15, 0.2) is 48.8 Å². The maximum absolute atomic E-state index is 11.1. The van der Waals surface area contributed by atoms with Crippen LogP contribution in [0.3, 0.4) is 0 Å². The fraction of sp³-hybridized carbons (Fsp3) is 0.348. The summed E-state index contributed by atoms with van der Waals surface area (Å²) in [5.74, 6) is 0.405. The van der Waals surface area contributed by atoms with Crippen molar-refractivity contribution in [1.29, 1.82) is 0 Å². The highest BCUT2D eigenvalue weighted by Crippen LogP contribution is 2.38. The molecule has 1 saturated heterocycles. The van der Waals surface area contributed by atoms with Crippen LogP contribution in [0.5, 0.6) is 0 Å². The first-order chi connectivity index (χ1) is 17.2. The van der Waals surface area contributed by atoms with E-state index in [0.717, 1.165) is 16.3 Å². The van der Waals surface area contributed by atoms with Crippen LogP contribution in [0, 0.1) is 0 Å². The number of nitrogens with zero attached hydrogens (tertiary/aromatic N) is 4. The normalized spacial score (nSPS) is 22.5. The Hall–Kier alpha value is -2.63. The number of hydrogen-bond donors (Lipinski definition) is 5. The third-order valence-electron chi connectivity index (χ3n) is 6.27. The monoisotopic (exact) mass is 533 g/mol. The predicted molar refractivity (Wildman–Crippen MR) is 134 cm³/mol. The van der Waals surface area contributed by atoms with Crippen LogP contribution in [0.25, 0.3) is 21.9 Å². The molecule has 5 N–H and O–H groups in total. The molecule has 2 aromatic carbocycles. The number of fused-ring (bicyclic) bond motifs is 2. The fourth-order valence-corrected chi connectivity index (χ4v) is 5.28. The summed E-state index contributed by atoms with van der Waals surface area (Å²) in [6, 6.07) is 14.1. The molecule has 0 radical (unpaired) electrons. The van der Waals surface area contributed by atoms with Gasteiger partial charge in [0.05, 0.1) is 12.4 Å². The molecule has 190 valence electrons. The van der Waals surface area contributed by atoms with Gasteiger partial charge >= 0.3 is 7.60 Å². The molecule has 5 rings (SSSR count). The van der Waals surface area contributed by atoms with E-state index < -0.39 is 32.1 Å². The molecule has 13 heteroatoms. The van der Waals surface area contributed by atoms with Gasteiger partial charge in [0, 0.05) is 12.7 Å². The Balaban J connectivity index is 1.38. The fourth-order valence-electron chi connectivity index (χ4n) is 4.52. The van der Waals surface area contributed by atoms with Gasteiger partial charge in [-0.3, -0.25) is 9.13 Å². The molecule has 1 aliphatic rings. The zero-order valence-electron chi connectivity index (χ0n) is 19.0. The third kappa shape index (κ3) is 5.09. The molecule has 0 amide bonds. The van der Waals surface area contributed by atoms with Gasteiger partial charge in [0.2, 0.25) is 5.28 Å². The quantitative estimate of drug-likeness (QED) is 0.168. The van der Waals surface area contributed by atoms with E-state index in [0.29, 0.717) is 23.5 Å². The molecule has 11 nitrogen and oxygen atoms in total. The minimum absolute atomic E-state index is 0.0316. The van der Waals surface area contributed by atoms with E-state index in [1.54, 1.807) is 0 Å². The van der Waals surface area contributed by atoms with Gasteiger partial charge in [0.25, 0.3) is 0 Å². The number of aliphatic hydroxyl groups excluding tert-OH is 2. The summed E-state index contributed by atoms with van der Waals surface area (Å²) >= 11 is 6.21. The predicted octanol–water partition coefficient (Wildman–Crippen LogP) is 2.82. The van der Waals surface area contributed by atoms with Crippen LogP contribution < -0.4 is 5.32 Å². The molecule has 3 heterocycles. The minimum Gasteiger partial charge on any atom is -0.388 e. The first-order valence-electron chi connectivity index (χ1n) is 11.4. The van der Waals surface area contributed by atoms with E-state index in [2.05, 4.69) is 20.3 Å². The van der Waals surface area contributed by atoms with Gasteiger partial charge in [-0.05, 0) is 40.8 Å². The number of anilines is 1. The highest BCUT2D eigenvalue weighted by Gasteiger charge is 2.44. The Kier molecular flexibility index (Phi) is 6.97. The molecule has 0 saturated carbocycles. The van der Waals surface area contributed by atoms with Gasteiger partial charge in [-0.25, -0.2) is 4.98 Å². The van der Waals surface area contributed by atoms with Gasteiger partial charge in [0.15, 0.2) is 23.2 Å². The van der Waals surface area contributed by atoms with E-state index in [-0.39, 0.29) is 24.3 Å². The summed E-state index contributed by atoms with van der Waals surface area (Å²) < 4.78 is 18.4. The largest absolute Gasteiger partial charge is 0.388 e. The number of ether oxygens (including phenoxy) is 1. The topological polar surface area (TPSA) is 163 Å². The van der Waals surface area contributed by atoms with Gasteiger partial charge in [0.1, 0.15) is 12.2 Å². The van der Waals surface area contributed by atoms with Crippen molar-refractivity contribution in [2.24, 2.45) is 0 Å². The molecule has 0 bridgehead atoms. The van der Waals surface area contributed by atoms with Crippen LogP contribution in [-0.4, -0.2) is 64.0 Å². The molecule has 1 fully saturated rings. The lowest BCUT2D eigenvalue weighted by molar-refractivity contribution is -0.0370. The zero-order valence-corrected chi connectivity index (χ0v) is 20.6. The molecule has 4 unspecified atom stereocenters. The number of benzene rings is 2. The van der Waals surface area contributed by atoms with Crippen molar-refractivity contribution in [3.05, 3.63) is 59.6 Å². The molecule has 2 aromatic heterocycles. The van der Waals surface area contributed by atoms with Gasteiger partial charge in [-0.15, -0.1) is 0 Å². The van der Waals surface area contributed by atoms with Crippen molar-refractivity contribution in [2.75, 3.05) is 11.5 Å². The second-order valence-corrected chi connectivity index (χ2v) is 10.8. The van der Waals surface area contributed by atoms with Crippen molar-refractivity contribution in [1.82, 2.24) is 19.5 Å². The average Bonchev–Trinajstić information content (AvgIpc) is 3.37. The first-order valence-corrected chi connectivity index (χ1v) is 13.6. The highest BCUT2D eigenvalue weighted by atomic mass is 35.5. The lowest BCUT2D eigenvalue weighted by atomic mass is 10.0. The van der Waals surface area contributed by atoms with Crippen molar-refractivity contribution < 1.29 is 29.3 Å². The number of halogens is 1. The smallest absolute Gasteiger partial charge is 0.325 e. The molecule has 36 heavy (non-hydrogen) atoms. The maximum Gasteiger partial charge on any atom is 0.325 e. The second-order valence-electron chi connectivity index (χ2n) is 8.73. The maximum atomic E-state index is 11.1. The molecule has 0 aliphatic carbocycles. The van der Waals surface area contributed by atoms with Crippen LogP contribution in [0.1, 0.15) is 24.6 Å². The summed E-state index contributed by atoms with van der Waals surface area (Å²) in [6.07, 6.45) is -2.97. The Bertz CT molecular complexity index is 1440. The van der Waals surface area contributed by atoms with E-state index in [9.17, 15) is 14.8 Å². The van der Waals surface area contributed by atoms with Crippen molar-refractivity contribution in [2.45, 2.75) is 43.9 Å².